The minimum absolute atomic E-state index is 0.00958. The van der Waals surface area contributed by atoms with Gasteiger partial charge in [-0.15, -0.1) is 23.2 Å². The third-order valence-electron chi connectivity index (χ3n) is 2.84. The van der Waals surface area contributed by atoms with Crippen LogP contribution in [0, 0.1) is 13.8 Å². The highest BCUT2D eigenvalue weighted by Gasteiger charge is 2.06. The summed E-state index contributed by atoms with van der Waals surface area (Å²) in [4.78, 5) is 14.1. The lowest BCUT2D eigenvalue weighted by Crippen LogP contribution is -2.22. The van der Waals surface area contributed by atoms with Crippen molar-refractivity contribution in [3.8, 4) is 0 Å². The van der Waals surface area contributed by atoms with Crippen LogP contribution < -0.4 is 0 Å². The molecule has 0 saturated carbocycles. The highest BCUT2D eigenvalue weighted by atomic mass is 35.5. The summed E-state index contributed by atoms with van der Waals surface area (Å²) in [5, 5.41) is 0. The van der Waals surface area contributed by atoms with Crippen LogP contribution in [0.3, 0.4) is 0 Å². The van der Waals surface area contributed by atoms with Crippen LogP contribution in [0.2, 0.25) is 0 Å². The SMILES string of the molecule is Cc1ccc(C)c(C(=O)/C=C/N(CCCl)CCCl)c1. The molecule has 0 aromatic heterocycles. The number of halogens is 2. The maximum absolute atomic E-state index is 12.2. The zero-order valence-electron chi connectivity index (χ0n) is 11.3. The number of ketones is 1. The van der Waals surface area contributed by atoms with Gasteiger partial charge in [-0.1, -0.05) is 17.7 Å². The normalized spacial score (nSPS) is 10.9. The number of alkyl halides is 2. The zero-order chi connectivity index (χ0) is 14.3. The van der Waals surface area contributed by atoms with E-state index in [1.807, 2.05) is 36.9 Å². The summed E-state index contributed by atoms with van der Waals surface area (Å²) in [6.07, 6.45) is 3.36. The molecule has 4 heteroatoms. The molecule has 0 bridgehead atoms. The van der Waals surface area contributed by atoms with Crippen molar-refractivity contribution in [3.05, 3.63) is 47.2 Å². The van der Waals surface area contributed by atoms with Gasteiger partial charge in [0.2, 0.25) is 0 Å². The second-order valence-electron chi connectivity index (χ2n) is 4.41. The van der Waals surface area contributed by atoms with Crippen LogP contribution in [-0.2, 0) is 0 Å². The molecule has 0 aliphatic carbocycles. The van der Waals surface area contributed by atoms with Crippen LogP contribution in [0.1, 0.15) is 21.5 Å². The summed E-state index contributed by atoms with van der Waals surface area (Å²) in [5.74, 6) is 1.04. The fourth-order valence-corrected chi connectivity index (χ4v) is 2.18. The highest BCUT2D eigenvalue weighted by molar-refractivity contribution is 6.18. The van der Waals surface area contributed by atoms with E-state index in [0.717, 1.165) is 16.7 Å². The van der Waals surface area contributed by atoms with Crippen molar-refractivity contribution < 1.29 is 4.79 Å². The van der Waals surface area contributed by atoms with E-state index in [1.165, 1.54) is 0 Å². The molecule has 19 heavy (non-hydrogen) atoms. The summed E-state index contributed by atoms with van der Waals surface area (Å²) in [6, 6.07) is 5.88. The Morgan fingerprint density at radius 2 is 1.84 bits per heavy atom. The van der Waals surface area contributed by atoms with Crippen LogP contribution in [-0.4, -0.2) is 35.5 Å². The molecule has 0 aliphatic rings. The highest BCUT2D eigenvalue weighted by Crippen LogP contribution is 2.12. The van der Waals surface area contributed by atoms with E-state index in [2.05, 4.69) is 0 Å². The fraction of sp³-hybridized carbons (Fsp3) is 0.400. The number of nitrogens with zero attached hydrogens (tertiary/aromatic N) is 1. The maximum Gasteiger partial charge on any atom is 0.187 e. The number of hydrogen-bond donors (Lipinski definition) is 0. The van der Waals surface area contributed by atoms with Gasteiger partial charge in [0.25, 0.3) is 0 Å². The van der Waals surface area contributed by atoms with Crippen LogP contribution in [0.5, 0.6) is 0 Å². The van der Waals surface area contributed by atoms with E-state index in [-0.39, 0.29) is 5.78 Å². The van der Waals surface area contributed by atoms with Gasteiger partial charge in [0.05, 0.1) is 0 Å². The number of carbonyl (C=O) groups excluding carboxylic acids is 1. The molecule has 0 amide bonds. The Morgan fingerprint density at radius 1 is 1.21 bits per heavy atom. The van der Waals surface area contributed by atoms with Gasteiger partial charge in [-0.25, -0.2) is 0 Å². The van der Waals surface area contributed by atoms with Crippen molar-refractivity contribution in [1.82, 2.24) is 4.90 Å². The molecule has 0 unspecified atom stereocenters. The van der Waals surface area contributed by atoms with E-state index < -0.39 is 0 Å². The van der Waals surface area contributed by atoms with Crippen molar-refractivity contribution in [2.24, 2.45) is 0 Å². The summed E-state index contributed by atoms with van der Waals surface area (Å²) >= 11 is 11.4. The first kappa shape index (κ1) is 16.1. The van der Waals surface area contributed by atoms with Crippen molar-refractivity contribution in [2.75, 3.05) is 24.8 Å². The van der Waals surface area contributed by atoms with E-state index in [0.29, 0.717) is 24.8 Å². The maximum atomic E-state index is 12.2. The Morgan fingerprint density at radius 3 is 2.42 bits per heavy atom. The van der Waals surface area contributed by atoms with E-state index in [1.54, 1.807) is 12.3 Å². The number of benzene rings is 1. The molecule has 104 valence electrons. The van der Waals surface area contributed by atoms with E-state index >= 15 is 0 Å². The molecule has 0 N–H and O–H groups in total. The van der Waals surface area contributed by atoms with Gasteiger partial charge in [0.15, 0.2) is 5.78 Å². The van der Waals surface area contributed by atoms with E-state index in [9.17, 15) is 4.79 Å². The van der Waals surface area contributed by atoms with Crippen molar-refractivity contribution >= 4 is 29.0 Å². The summed E-state index contributed by atoms with van der Waals surface area (Å²) < 4.78 is 0. The Balaban J connectivity index is 2.79. The Hall–Kier alpha value is -0.990. The Kier molecular flexibility index (Phi) is 6.96. The first-order chi connectivity index (χ1) is 9.08. The van der Waals surface area contributed by atoms with Gasteiger partial charge >= 0.3 is 0 Å². The van der Waals surface area contributed by atoms with Gasteiger partial charge in [-0.3, -0.25) is 4.79 Å². The number of allylic oxidation sites excluding steroid dienone is 1. The van der Waals surface area contributed by atoms with Gasteiger partial charge in [0, 0.05) is 42.7 Å². The standard InChI is InChI=1S/C15H19Cl2NO/c1-12-3-4-13(2)14(11-12)15(19)5-8-18(9-6-16)10-7-17/h3-5,8,11H,6-7,9-10H2,1-2H3/b8-5+. The quantitative estimate of drug-likeness (QED) is 0.434. The molecule has 0 atom stereocenters. The average Bonchev–Trinajstić information content (AvgIpc) is 2.39. The molecule has 0 heterocycles. The van der Waals surface area contributed by atoms with Gasteiger partial charge in [0.1, 0.15) is 0 Å². The average molecular weight is 300 g/mol. The Bertz CT molecular complexity index is 451. The third-order valence-corrected chi connectivity index (χ3v) is 3.18. The fourth-order valence-electron chi connectivity index (χ4n) is 1.74. The van der Waals surface area contributed by atoms with Crippen molar-refractivity contribution in [3.63, 3.8) is 0 Å². The molecule has 0 saturated heterocycles. The number of rotatable bonds is 7. The molecule has 0 spiro atoms. The molecule has 1 aromatic rings. The lowest BCUT2D eigenvalue weighted by atomic mass is 10.0. The van der Waals surface area contributed by atoms with Crippen LogP contribution >= 0.6 is 23.2 Å². The van der Waals surface area contributed by atoms with Crippen LogP contribution in [0.25, 0.3) is 0 Å². The lowest BCUT2D eigenvalue weighted by molar-refractivity contribution is 0.104. The van der Waals surface area contributed by atoms with Crippen LogP contribution in [0.15, 0.2) is 30.5 Å². The molecular weight excluding hydrogens is 281 g/mol. The molecule has 0 fully saturated rings. The third kappa shape index (κ3) is 5.25. The first-order valence-corrected chi connectivity index (χ1v) is 7.31. The largest absolute Gasteiger partial charge is 0.375 e. The second-order valence-corrected chi connectivity index (χ2v) is 5.17. The second kappa shape index (κ2) is 8.23. The molecule has 1 rings (SSSR count). The van der Waals surface area contributed by atoms with Gasteiger partial charge < -0.3 is 4.90 Å². The van der Waals surface area contributed by atoms with Gasteiger partial charge in [-0.05, 0) is 25.5 Å². The lowest BCUT2D eigenvalue weighted by Gasteiger charge is -2.17. The molecule has 0 aliphatic heterocycles. The van der Waals surface area contributed by atoms with Crippen molar-refractivity contribution in [1.29, 1.82) is 0 Å². The number of aryl methyl sites for hydroxylation is 2. The predicted molar refractivity (Wildman–Crippen MR) is 82.4 cm³/mol. The van der Waals surface area contributed by atoms with Gasteiger partial charge in [-0.2, -0.15) is 0 Å². The molecule has 0 radical (unpaired) electrons. The topological polar surface area (TPSA) is 20.3 Å². The number of hydrogen-bond acceptors (Lipinski definition) is 2. The Labute approximate surface area is 125 Å². The monoisotopic (exact) mass is 299 g/mol. The first-order valence-electron chi connectivity index (χ1n) is 6.24. The minimum Gasteiger partial charge on any atom is -0.375 e. The van der Waals surface area contributed by atoms with E-state index in [4.69, 9.17) is 23.2 Å². The smallest absolute Gasteiger partial charge is 0.187 e. The molecular formula is C15H19Cl2NO. The predicted octanol–water partition coefficient (Wildman–Crippen LogP) is 3.78. The molecule has 2 nitrogen and oxygen atoms in total. The summed E-state index contributed by atoms with van der Waals surface area (Å²) in [7, 11) is 0. The van der Waals surface area contributed by atoms with Crippen LogP contribution in [0.4, 0.5) is 0 Å². The number of carbonyl (C=O) groups is 1. The summed E-state index contributed by atoms with van der Waals surface area (Å²) in [5.41, 5.74) is 2.81. The molecule has 1 aromatic carbocycles. The summed E-state index contributed by atoms with van der Waals surface area (Å²) in [6.45, 7) is 5.29. The zero-order valence-corrected chi connectivity index (χ0v) is 12.8. The minimum atomic E-state index is 0.00958. The van der Waals surface area contributed by atoms with Crippen molar-refractivity contribution in [2.45, 2.75) is 13.8 Å².